The molecule has 0 fully saturated rings. The molecule has 0 aliphatic rings. The van der Waals surface area contributed by atoms with Crippen LogP contribution in [0.4, 0.5) is 0 Å². The van der Waals surface area contributed by atoms with E-state index in [4.69, 9.17) is 5.11 Å². The van der Waals surface area contributed by atoms with Crippen molar-refractivity contribution in [3.63, 3.8) is 0 Å². The Balaban J connectivity index is 2.48. The molecule has 2 rings (SSSR count). The van der Waals surface area contributed by atoms with Crippen LogP contribution in [-0.2, 0) is 9.84 Å². The zero-order chi connectivity index (χ0) is 14.8. The lowest BCUT2D eigenvalue weighted by atomic mass is 10.1. The third-order valence-electron chi connectivity index (χ3n) is 2.98. The van der Waals surface area contributed by atoms with Crippen LogP contribution in [0.1, 0.15) is 17.5 Å². The molecule has 0 spiro atoms. The van der Waals surface area contributed by atoms with Crippen LogP contribution in [0, 0.1) is 13.8 Å². The van der Waals surface area contributed by atoms with Gasteiger partial charge in [-0.15, -0.1) is 10.2 Å². The van der Waals surface area contributed by atoms with Gasteiger partial charge in [0.1, 0.15) is 6.33 Å². The minimum Gasteiger partial charge on any atom is -0.396 e. The van der Waals surface area contributed by atoms with Crippen LogP contribution >= 0.6 is 0 Å². The van der Waals surface area contributed by atoms with Crippen molar-refractivity contribution < 1.29 is 13.5 Å². The molecule has 0 atom stereocenters. The summed E-state index contributed by atoms with van der Waals surface area (Å²) in [5, 5.41) is 16.1. The number of benzene rings is 1. The summed E-state index contributed by atoms with van der Waals surface area (Å²) in [6.45, 7) is 3.71. The molecule has 1 N–H and O–H groups in total. The summed E-state index contributed by atoms with van der Waals surface area (Å²) in [6, 6.07) is 5.73. The maximum atomic E-state index is 12.2. The van der Waals surface area contributed by atoms with Crippen molar-refractivity contribution in [2.75, 3.05) is 12.4 Å². The van der Waals surface area contributed by atoms with Crippen LogP contribution in [0.3, 0.4) is 0 Å². The highest BCUT2D eigenvalue weighted by molar-refractivity contribution is 7.91. The molecule has 0 saturated carbocycles. The highest BCUT2D eigenvalue weighted by atomic mass is 32.2. The second kappa shape index (κ2) is 5.72. The van der Waals surface area contributed by atoms with E-state index >= 15 is 0 Å². The minimum atomic E-state index is -3.56. The average molecular weight is 295 g/mol. The highest BCUT2D eigenvalue weighted by Crippen LogP contribution is 2.19. The van der Waals surface area contributed by atoms with Crippen LogP contribution in [0.5, 0.6) is 0 Å². The van der Waals surface area contributed by atoms with Crippen LogP contribution in [-0.4, -0.2) is 40.6 Å². The molecule has 6 nitrogen and oxygen atoms in total. The summed E-state index contributed by atoms with van der Waals surface area (Å²) in [5.74, 6) is -0.146. The van der Waals surface area contributed by atoms with Gasteiger partial charge in [0.15, 0.2) is 0 Å². The van der Waals surface area contributed by atoms with E-state index in [9.17, 15) is 8.42 Å². The molecule has 1 aromatic heterocycles. The molecular formula is C13H17N3O3S. The van der Waals surface area contributed by atoms with E-state index in [1.807, 2.05) is 32.0 Å². The molecule has 0 aliphatic heterocycles. The van der Waals surface area contributed by atoms with E-state index < -0.39 is 9.84 Å². The predicted molar refractivity (Wildman–Crippen MR) is 74.6 cm³/mol. The van der Waals surface area contributed by atoms with Crippen molar-refractivity contribution in [1.29, 1.82) is 0 Å². The second-order valence-electron chi connectivity index (χ2n) is 4.67. The zero-order valence-electron chi connectivity index (χ0n) is 11.4. The Labute approximate surface area is 118 Å². The van der Waals surface area contributed by atoms with Gasteiger partial charge in [0.25, 0.3) is 5.16 Å². The van der Waals surface area contributed by atoms with Crippen LogP contribution in [0.2, 0.25) is 0 Å². The van der Waals surface area contributed by atoms with Gasteiger partial charge in [-0.1, -0.05) is 17.7 Å². The van der Waals surface area contributed by atoms with Gasteiger partial charge in [-0.2, -0.15) is 0 Å². The van der Waals surface area contributed by atoms with Crippen LogP contribution < -0.4 is 0 Å². The van der Waals surface area contributed by atoms with Gasteiger partial charge >= 0.3 is 0 Å². The summed E-state index contributed by atoms with van der Waals surface area (Å²) in [7, 11) is -3.56. The first-order chi connectivity index (χ1) is 9.45. The Morgan fingerprint density at radius 3 is 2.70 bits per heavy atom. The number of aromatic nitrogens is 3. The summed E-state index contributed by atoms with van der Waals surface area (Å²) >= 11 is 0. The monoisotopic (exact) mass is 295 g/mol. The lowest BCUT2D eigenvalue weighted by Crippen LogP contribution is -2.14. The molecule has 0 unspecified atom stereocenters. The number of aryl methyl sites for hydroxylation is 2. The maximum absolute atomic E-state index is 12.2. The molecule has 7 heteroatoms. The molecule has 0 saturated heterocycles. The number of hydrogen-bond acceptors (Lipinski definition) is 5. The smallest absolute Gasteiger partial charge is 0.254 e. The molecule has 2 aromatic rings. The normalized spacial score (nSPS) is 11.8. The van der Waals surface area contributed by atoms with Gasteiger partial charge in [0.2, 0.25) is 9.84 Å². The Kier molecular flexibility index (Phi) is 4.20. The van der Waals surface area contributed by atoms with E-state index in [1.54, 1.807) is 0 Å². The lowest BCUT2D eigenvalue weighted by Gasteiger charge is -2.10. The van der Waals surface area contributed by atoms with Gasteiger partial charge in [-0.25, -0.2) is 8.42 Å². The zero-order valence-corrected chi connectivity index (χ0v) is 12.3. The van der Waals surface area contributed by atoms with E-state index in [-0.39, 0.29) is 23.9 Å². The first-order valence-corrected chi connectivity index (χ1v) is 7.92. The van der Waals surface area contributed by atoms with Crippen molar-refractivity contribution in [2.24, 2.45) is 0 Å². The second-order valence-corrected chi connectivity index (χ2v) is 6.67. The fourth-order valence-corrected chi connectivity index (χ4v) is 3.33. The minimum absolute atomic E-state index is 0.0853. The molecule has 1 heterocycles. The molecule has 0 amide bonds. The first kappa shape index (κ1) is 14.7. The quantitative estimate of drug-likeness (QED) is 0.891. The van der Waals surface area contributed by atoms with Gasteiger partial charge in [-0.05, 0) is 31.9 Å². The number of sulfone groups is 1. The molecule has 0 bridgehead atoms. The fraction of sp³-hybridized carbons (Fsp3) is 0.385. The Bertz CT molecular complexity index is 707. The Morgan fingerprint density at radius 2 is 2.05 bits per heavy atom. The maximum Gasteiger partial charge on any atom is 0.254 e. The van der Waals surface area contributed by atoms with Crippen molar-refractivity contribution in [1.82, 2.24) is 14.8 Å². The molecule has 1 aromatic carbocycles. The molecule has 0 radical (unpaired) electrons. The number of aliphatic hydroxyl groups excluding tert-OH is 1. The van der Waals surface area contributed by atoms with Crippen LogP contribution in [0.15, 0.2) is 29.7 Å². The number of rotatable bonds is 5. The molecular weight excluding hydrogens is 278 g/mol. The Hall–Kier alpha value is -1.73. The third-order valence-corrected chi connectivity index (χ3v) is 4.64. The number of nitrogens with zero attached hydrogens (tertiary/aromatic N) is 3. The SMILES string of the molecule is Cc1ccc(-n2cnnc2S(=O)(=O)CCCO)c(C)c1. The molecule has 108 valence electrons. The van der Waals surface area contributed by atoms with Crippen molar-refractivity contribution in [3.05, 3.63) is 35.7 Å². The van der Waals surface area contributed by atoms with Crippen LogP contribution in [0.25, 0.3) is 5.69 Å². The third kappa shape index (κ3) is 2.88. The van der Waals surface area contributed by atoms with Gasteiger partial charge < -0.3 is 5.11 Å². The van der Waals surface area contributed by atoms with Crippen molar-refractivity contribution >= 4 is 9.84 Å². The van der Waals surface area contributed by atoms with E-state index in [2.05, 4.69) is 10.2 Å². The van der Waals surface area contributed by atoms with Gasteiger partial charge in [0.05, 0.1) is 11.4 Å². The highest BCUT2D eigenvalue weighted by Gasteiger charge is 2.22. The lowest BCUT2D eigenvalue weighted by molar-refractivity contribution is 0.295. The molecule has 20 heavy (non-hydrogen) atoms. The van der Waals surface area contributed by atoms with Gasteiger partial charge in [-0.3, -0.25) is 4.57 Å². The summed E-state index contributed by atoms with van der Waals surface area (Å²) in [5.41, 5.74) is 2.79. The average Bonchev–Trinajstić information content (AvgIpc) is 2.86. The standard InChI is InChI=1S/C13H17N3O3S/c1-10-4-5-12(11(2)8-10)16-9-14-15-13(16)20(18,19)7-3-6-17/h4-5,8-9,17H,3,6-7H2,1-2H3. The number of aliphatic hydroxyl groups is 1. The van der Waals surface area contributed by atoms with E-state index in [0.717, 1.165) is 16.8 Å². The van der Waals surface area contributed by atoms with Crippen molar-refractivity contribution in [2.45, 2.75) is 25.4 Å². The van der Waals surface area contributed by atoms with E-state index in [1.165, 1.54) is 10.9 Å². The molecule has 0 aliphatic carbocycles. The fourth-order valence-electron chi connectivity index (χ4n) is 2.02. The Morgan fingerprint density at radius 1 is 1.30 bits per heavy atom. The van der Waals surface area contributed by atoms with Gasteiger partial charge in [0, 0.05) is 6.61 Å². The number of hydrogen-bond donors (Lipinski definition) is 1. The van der Waals surface area contributed by atoms with Crippen molar-refractivity contribution in [3.8, 4) is 5.69 Å². The first-order valence-electron chi connectivity index (χ1n) is 6.27. The topological polar surface area (TPSA) is 85.1 Å². The summed E-state index contributed by atoms with van der Waals surface area (Å²) in [6.07, 6.45) is 1.57. The predicted octanol–water partition coefficient (Wildman–Crippen LogP) is 1.04. The van der Waals surface area contributed by atoms with E-state index in [0.29, 0.717) is 0 Å². The summed E-state index contributed by atoms with van der Waals surface area (Å²) in [4.78, 5) is 0. The summed E-state index contributed by atoms with van der Waals surface area (Å²) < 4.78 is 25.9. The largest absolute Gasteiger partial charge is 0.396 e.